The second-order valence-electron chi connectivity index (χ2n) is 13.5. The van der Waals surface area contributed by atoms with E-state index < -0.39 is 0 Å². The Morgan fingerprint density at radius 1 is 0.417 bits per heavy atom. The molecule has 2 nitrogen and oxygen atoms in total. The maximum atomic E-state index is 5.30. The third-order valence-electron chi connectivity index (χ3n) is 10.1. The summed E-state index contributed by atoms with van der Waals surface area (Å²) in [5, 5.41) is 4.82. The molecular formula is C46H34N2. The molecule has 0 amide bonds. The van der Waals surface area contributed by atoms with Crippen LogP contribution in [-0.2, 0) is 5.41 Å². The molecule has 0 bridgehead atoms. The van der Waals surface area contributed by atoms with Crippen molar-refractivity contribution in [1.82, 2.24) is 9.97 Å². The smallest absolute Gasteiger partial charge is 0.160 e. The third-order valence-corrected chi connectivity index (χ3v) is 10.1. The molecule has 0 atom stereocenters. The van der Waals surface area contributed by atoms with Crippen molar-refractivity contribution in [2.45, 2.75) is 26.2 Å². The number of rotatable bonds is 4. The minimum absolute atomic E-state index is 0.0328. The van der Waals surface area contributed by atoms with E-state index in [2.05, 4.69) is 148 Å². The van der Waals surface area contributed by atoms with Crippen LogP contribution in [0, 0.1) is 6.92 Å². The first kappa shape index (κ1) is 28.4. The molecule has 0 spiro atoms. The first-order valence-corrected chi connectivity index (χ1v) is 16.7. The maximum Gasteiger partial charge on any atom is 0.160 e. The fraction of sp³-hybridized carbons (Fsp3) is 0.0870. The Balaban J connectivity index is 1.35. The second-order valence-corrected chi connectivity index (χ2v) is 13.5. The van der Waals surface area contributed by atoms with Gasteiger partial charge < -0.3 is 0 Å². The molecule has 0 N–H and O–H groups in total. The van der Waals surface area contributed by atoms with Crippen molar-refractivity contribution in [2.75, 3.05) is 0 Å². The van der Waals surface area contributed by atoms with Crippen LogP contribution in [-0.4, -0.2) is 9.97 Å². The Morgan fingerprint density at radius 3 is 1.79 bits per heavy atom. The molecular weight excluding hydrogens is 581 g/mol. The van der Waals surface area contributed by atoms with Crippen molar-refractivity contribution in [3.05, 3.63) is 168 Å². The van der Waals surface area contributed by atoms with Gasteiger partial charge in [-0.2, -0.15) is 0 Å². The van der Waals surface area contributed by atoms with Gasteiger partial charge in [-0.3, -0.25) is 0 Å². The predicted octanol–water partition coefficient (Wildman–Crippen LogP) is 12.1. The minimum Gasteiger partial charge on any atom is -0.228 e. The first-order chi connectivity index (χ1) is 23.5. The van der Waals surface area contributed by atoms with E-state index in [1.807, 2.05) is 24.3 Å². The van der Waals surface area contributed by atoms with Crippen LogP contribution in [0.3, 0.4) is 0 Å². The summed E-state index contributed by atoms with van der Waals surface area (Å²) in [6.07, 6.45) is 0. The van der Waals surface area contributed by atoms with Crippen LogP contribution < -0.4 is 0 Å². The average molecular weight is 615 g/mol. The lowest BCUT2D eigenvalue weighted by atomic mass is 9.81. The van der Waals surface area contributed by atoms with Crippen LogP contribution in [0.1, 0.15) is 30.5 Å². The second kappa shape index (κ2) is 10.9. The van der Waals surface area contributed by atoms with Gasteiger partial charge in [-0.05, 0) is 74.0 Å². The van der Waals surface area contributed by atoms with Crippen LogP contribution in [0.25, 0.3) is 77.7 Å². The SMILES string of the molecule is Cc1ccc2c(-c3cc(-c4ccccc4)nc(-c4ccccc4)n3)c3ccccc3c(-c3ccc4c(c3)-c3ccccc3C4(C)C)c2c1. The van der Waals surface area contributed by atoms with Gasteiger partial charge in [-0.15, -0.1) is 0 Å². The summed E-state index contributed by atoms with van der Waals surface area (Å²) in [7, 11) is 0. The zero-order chi connectivity index (χ0) is 32.4. The molecule has 1 aliphatic rings. The van der Waals surface area contributed by atoms with E-state index in [0.717, 1.165) is 33.9 Å². The van der Waals surface area contributed by atoms with Gasteiger partial charge in [0.1, 0.15) is 0 Å². The number of fused-ring (bicyclic) bond motifs is 5. The van der Waals surface area contributed by atoms with Crippen LogP contribution in [0.4, 0.5) is 0 Å². The molecule has 1 aliphatic carbocycles. The molecule has 0 radical (unpaired) electrons. The van der Waals surface area contributed by atoms with E-state index in [1.165, 1.54) is 60.5 Å². The molecule has 8 aromatic rings. The van der Waals surface area contributed by atoms with Crippen LogP contribution >= 0.6 is 0 Å². The molecule has 48 heavy (non-hydrogen) atoms. The lowest BCUT2D eigenvalue weighted by molar-refractivity contribution is 0.660. The topological polar surface area (TPSA) is 25.8 Å². The minimum atomic E-state index is -0.0328. The number of hydrogen-bond donors (Lipinski definition) is 0. The van der Waals surface area contributed by atoms with Gasteiger partial charge in [-0.25, -0.2) is 9.97 Å². The van der Waals surface area contributed by atoms with Gasteiger partial charge in [-0.1, -0.05) is 159 Å². The molecule has 0 unspecified atom stereocenters. The predicted molar refractivity (Wildman–Crippen MR) is 201 cm³/mol. The molecule has 2 heteroatoms. The summed E-state index contributed by atoms with van der Waals surface area (Å²) in [6.45, 7) is 6.87. The molecule has 0 saturated carbocycles. The monoisotopic (exact) mass is 614 g/mol. The molecule has 0 saturated heterocycles. The van der Waals surface area contributed by atoms with Gasteiger partial charge >= 0.3 is 0 Å². The van der Waals surface area contributed by atoms with Gasteiger partial charge in [0.2, 0.25) is 0 Å². The highest BCUT2D eigenvalue weighted by Gasteiger charge is 2.35. The Kier molecular flexibility index (Phi) is 6.42. The average Bonchev–Trinajstić information content (AvgIpc) is 3.36. The fourth-order valence-electron chi connectivity index (χ4n) is 7.80. The van der Waals surface area contributed by atoms with Crippen LogP contribution in [0.2, 0.25) is 0 Å². The van der Waals surface area contributed by atoms with E-state index in [9.17, 15) is 0 Å². The summed E-state index contributed by atoms with van der Waals surface area (Å²) in [4.78, 5) is 10.4. The number of hydrogen-bond acceptors (Lipinski definition) is 2. The van der Waals surface area contributed by atoms with E-state index in [4.69, 9.17) is 9.97 Å². The Morgan fingerprint density at radius 2 is 1.02 bits per heavy atom. The van der Waals surface area contributed by atoms with Gasteiger partial charge in [0, 0.05) is 22.1 Å². The lowest BCUT2D eigenvalue weighted by Gasteiger charge is -2.22. The molecule has 228 valence electrons. The standard InChI is InChI=1S/C46H34N2/c1-29-22-24-36-38(26-29)43(32-23-25-40-37(27-32)33-18-12-13-21-39(33)46(40,2)3)34-19-10-11-20-35(34)44(36)42-28-41(30-14-6-4-7-15-30)47-45(48-42)31-16-8-5-9-17-31/h4-28H,1-3H3. The Bertz CT molecular complexity index is 2470. The maximum absolute atomic E-state index is 5.30. The zero-order valence-electron chi connectivity index (χ0n) is 27.3. The highest BCUT2D eigenvalue weighted by atomic mass is 14.9. The van der Waals surface area contributed by atoms with Gasteiger partial charge in [0.25, 0.3) is 0 Å². The quantitative estimate of drug-likeness (QED) is 0.184. The summed E-state index contributed by atoms with van der Waals surface area (Å²) >= 11 is 0. The zero-order valence-corrected chi connectivity index (χ0v) is 27.3. The Labute approximate surface area is 281 Å². The Hall–Kier alpha value is -5.86. The van der Waals surface area contributed by atoms with E-state index in [1.54, 1.807) is 0 Å². The summed E-state index contributed by atoms with van der Waals surface area (Å²) in [5.74, 6) is 0.722. The summed E-state index contributed by atoms with van der Waals surface area (Å²) in [6, 6.07) is 54.6. The number of aromatic nitrogens is 2. The normalized spacial score (nSPS) is 13.1. The van der Waals surface area contributed by atoms with Gasteiger partial charge in [0.15, 0.2) is 5.82 Å². The lowest BCUT2D eigenvalue weighted by Crippen LogP contribution is -2.14. The molecule has 1 heterocycles. The highest BCUT2D eigenvalue weighted by molar-refractivity contribution is 6.21. The van der Waals surface area contributed by atoms with Crippen molar-refractivity contribution in [3.63, 3.8) is 0 Å². The van der Waals surface area contributed by atoms with Crippen molar-refractivity contribution in [1.29, 1.82) is 0 Å². The van der Waals surface area contributed by atoms with Crippen LogP contribution in [0.15, 0.2) is 152 Å². The number of benzene rings is 7. The fourth-order valence-corrected chi connectivity index (χ4v) is 7.80. The molecule has 9 rings (SSSR count). The van der Waals surface area contributed by atoms with Gasteiger partial charge in [0.05, 0.1) is 11.4 Å². The van der Waals surface area contributed by atoms with Crippen molar-refractivity contribution in [3.8, 4) is 56.2 Å². The largest absolute Gasteiger partial charge is 0.228 e. The van der Waals surface area contributed by atoms with Crippen molar-refractivity contribution >= 4 is 21.5 Å². The molecule has 0 fully saturated rings. The summed E-state index contributed by atoms with van der Waals surface area (Å²) in [5.41, 5.74) is 14.2. The molecule has 7 aromatic carbocycles. The van der Waals surface area contributed by atoms with Crippen molar-refractivity contribution < 1.29 is 0 Å². The highest BCUT2D eigenvalue weighted by Crippen LogP contribution is 2.51. The number of nitrogens with zero attached hydrogens (tertiary/aromatic N) is 2. The van der Waals surface area contributed by atoms with Crippen molar-refractivity contribution in [2.24, 2.45) is 0 Å². The number of aryl methyl sites for hydroxylation is 1. The first-order valence-electron chi connectivity index (χ1n) is 16.7. The van der Waals surface area contributed by atoms with E-state index in [-0.39, 0.29) is 5.41 Å². The third kappa shape index (κ3) is 4.41. The van der Waals surface area contributed by atoms with Crippen LogP contribution in [0.5, 0.6) is 0 Å². The van der Waals surface area contributed by atoms with E-state index in [0.29, 0.717) is 0 Å². The summed E-state index contributed by atoms with van der Waals surface area (Å²) < 4.78 is 0. The molecule has 0 aliphatic heterocycles. The molecule has 1 aromatic heterocycles. The van der Waals surface area contributed by atoms with E-state index >= 15 is 0 Å².